The molecule has 158 valence electrons. The summed E-state index contributed by atoms with van der Waals surface area (Å²) < 4.78 is 1.27. The van der Waals surface area contributed by atoms with Crippen molar-refractivity contribution in [3.05, 3.63) is 58.6 Å². The van der Waals surface area contributed by atoms with E-state index < -0.39 is 4.92 Å². The van der Waals surface area contributed by atoms with Crippen LogP contribution < -0.4 is 4.90 Å². The van der Waals surface area contributed by atoms with Gasteiger partial charge in [-0.3, -0.25) is 15.0 Å². The van der Waals surface area contributed by atoms with Gasteiger partial charge in [0.1, 0.15) is 0 Å². The number of benzene rings is 2. The molecular formula is C22H29N6O2+. The van der Waals surface area contributed by atoms with E-state index in [2.05, 4.69) is 39.1 Å². The minimum atomic E-state index is -0.422. The molecule has 0 radical (unpaired) electrons. The van der Waals surface area contributed by atoms with E-state index in [1.165, 1.54) is 68.1 Å². The largest absolute Gasteiger partial charge is 0.366 e. The zero-order valence-electron chi connectivity index (χ0n) is 17.5. The first-order valence-corrected chi connectivity index (χ1v) is 10.7. The summed E-state index contributed by atoms with van der Waals surface area (Å²) in [6.07, 6.45) is 0. The summed E-state index contributed by atoms with van der Waals surface area (Å²) in [5.41, 5.74) is 2.62. The molecule has 3 saturated heterocycles. The van der Waals surface area contributed by atoms with Gasteiger partial charge in [0.2, 0.25) is 0 Å². The molecular weight excluding hydrogens is 380 g/mol. The van der Waals surface area contributed by atoms with Crippen LogP contribution in [-0.4, -0.2) is 73.2 Å². The summed E-state index contributed by atoms with van der Waals surface area (Å²) >= 11 is 0. The molecule has 8 heteroatoms. The summed E-state index contributed by atoms with van der Waals surface area (Å²) in [7, 11) is 0. The van der Waals surface area contributed by atoms with Crippen LogP contribution in [0.5, 0.6) is 0 Å². The number of nitrogens with zero attached hydrogens (tertiary/aromatic N) is 6. The fraction of sp³-hybridized carbons (Fsp3) is 0.455. The molecule has 0 atom stereocenters. The Morgan fingerprint density at radius 1 is 0.967 bits per heavy atom. The molecule has 0 N–H and O–H groups in total. The number of nitro groups is 1. The number of azo groups is 1. The number of anilines is 1. The Morgan fingerprint density at radius 3 is 2.00 bits per heavy atom. The third kappa shape index (κ3) is 4.66. The molecule has 3 fully saturated rings. The molecule has 0 saturated carbocycles. The molecule has 0 aromatic heterocycles. The van der Waals surface area contributed by atoms with Gasteiger partial charge >= 0.3 is 0 Å². The summed E-state index contributed by atoms with van der Waals surface area (Å²) in [5, 5.41) is 19.2. The lowest BCUT2D eigenvalue weighted by atomic mass is 10.1. The maximum absolute atomic E-state index is 10.7. The van der Waals surface area contributed by atoms with Crippen LogP contribution in [0.25, 0.3) is 0 Å². The summed E-state index contributed by atoms with van der Waals surface area (Å²) in [6.45, 7) is 13.1. The van der Waals surface area contributed by atoms with Crippen molar-refractivity contribution in [1.29, 1.82) is 0 Å². The number of quaternary nitrogens is 1. The maximum atomic E-state index is 10.7. The number of hydrogen-bond donors (Lipinski definition) is 0. The summed E-state index contributed by atoms with van der Waals surface area (Å²) in [4.78, 5) is 15.3. The van der Waals surface area contributed by atoms with Gasteiger partial charge in [-0.15, -0.1) is 0 Å². The monoisotopic (exact) mass is 409 g/mol. The molecule has 5 rings (SSSR count). The fourth-order valence-corrected chi connectivity index (χ4v) is 4.36. The summed E-state index contributed by atoms with van der Waals surface area (Å²) in [6, 6.07) is 14.2. The van der Waals surface area contributed by atoms with Crippen LogP contribution in [0.4, 0.5) is 22.7 Å². The number of rotatable bonds is 8. The minimum absolute atomic E-state index is 0.0508. The molecule has 2 aromatic carbocycles. The van der Waals surface area contributed by atoms with E-state index in [1.54, 1.807) is 12.1 Å². The lowest BCUT2D eigenvalue weighted by molar-refractivity contribution is -0.939. The van der Waals surface area contributed by atoms with Crippen LogP contribution in [0, 0.1) is 10.1 Å². The number of hydrogen-bond acceptors (Lipinski definition) is 6. The highest BCUT2D eigenvalue weighted by atomic mass is 16.6. The van der Waals surface area contributed by atoms with E-state index in [0.717, 1.165) is 18.8 Å². The van der Waals surface area contributed by atoms with Crippen molar-refractivity contribution in [3.63, 3.8) is 0 Å². The second kappa shape index (κ2) is 8.89. The van der Waals surface area contributed by atoms with Crippen molar-refractivity contribution in [2.45, 2.75) is 6.92 Å². The number of nitro benzene ring substituents is 1. The SMILES string of the molecule is CCN(CC[N+]12CCN(CC1)CC2)c1ccc(N=Nc2ccc([N+](=O)[O-])cc2)cc1. The number of piperazine rings is 3. The smallest absolute Gasteiger partial charge is 0.269 e. The van der Waals surface area contributed by atoms with Crippen LogP contribution in [0.15, 0.2) is 58.8 Å². The zero-order chi connectivity index (χ0) is 21.0. The minimum Gasteiger partial charge on any atom is -0.366 e. The van der Waals surface area contributed by atoms with Gasteiger partial charge in [0.25, 0.3) is 5.69 Å². The lowest BCUT2D eigenvalue weighted by Crippen LogP contribution is -2.68. The van der Waals surface area contributed by atoms with Gasteiger partial charge in [-0.25, -0.2) is 0 Å². The molecule has 0 amide bonds. The Kier molecular flexibility index (Phi) is 6.06. The molecule has 8 nitrogen and oxygen atoms in total. The highest BCUT2D eigenvalue weighted by Crippen LogP contribution is 2.25. The van der Waals surface area contributed by atoms with Crippen LogP contribution in [0.1, 0.15) is 6.92 Å². The van der Waals surface area contributed by atoms with Gasteiger partial charge in [0.15, 0.2) is 0 Å². The predicted molar refractivity (Wildman–Crippen MR) is 118 cm³/mol. The Bertz CT molecular complexity index is 875. The maximum Gasteiger partial charge on any atom is 0.269 e. The fourth-order valence-electron chi connectivity index (χ4n) is 4.36. The molecule has 30 heavy (non-hydrogen) atoms. The Labute approximate surface area is 177 Å². The quantitative estimate of drug-likeness (QED) is 0.286. The van der Waals surface area contributed by atoms with Crippen LogP contribution in [0.3, 0.4) is 0 Å². The molecule has 3 aliphatic rings. The van der Waals surface area contributed by atoms with Crippen LogP contribution in [0.2, 0.25) is 0 Å². The third-order valence-electron chi connectivity index (χ3n) is 6.45. The van der Waals surface area contributed by atoms with Crippen molar-refractivity contribution >= 4 is 22.7 Å². The van der Waals surface area contributed by atoms with Gasteiger partial charge < -0.3 is 9.38 Å². The zero-order valence-corrected chi connectivity index (χ0v) is 17.5. The van der Waals surface area contributed by atoms with E-state index in [-0.39, 0.29) is 5.69 Å². The van der Waals surface area contributed by atoms with Gasteiger partial charge in [0.05, 0.1) is 49.0 Å². The van der Waals surface area contributed by atoms with E-state index in [0.29, 0.717) is 5.69 Å². The first-order chi connectivity index (χ1) is 14.6. The van der Waals surface area contributed by atoms with Crippen molar-refractivity contribution < 1.29 is 9.41 Å². The first-order valence-electron chi connectivity index (χ1n) is 10.7. The van der Waals surface area contributed by atoms with Crippen LogP contribution in [-0.2, 0) is 0 Å². The number of fused-ring (bicyclic) bond motifs is 3. The average molecular weight is 410 g/mol. The predicted octanol–water partition coefficient (Wildman–Crippen LogP) is 3.98. The highest BCUT2D eigenvalue weighted by Gasteiger charge is 2.38. The van der Waals surface area contributed by atoms with E-state index in [9.17, 15) is 10.1 Å². The van der Waals surface area contributed by atoms with Gasteiger partial charge in [-0.2, -0.15) is 10.2 Å². The second-order valence-corrected chi connectivity index (χ2v) is 8.15. The topological polar surface area (TPSA) is 74.3 Å². The second-order valence-electron chi connectivity index (χ2n) is 8.15. The van der Waals surface area contributed by atoms with Gasteiger partial charge in [-0.1, -0.05) is 0 Å². The van der Waals surface area contributed by atoms with E-state index in [4.69, 9.17) is 0 Å². The molecule has 0 spiro atoms. The third-order valence-corrected chi connectivity index (χ3v) is 6.45. The van der Waals surface area contributed by atoms with Crippen molar-refractivity contribution in [2.75, 3.05) is 63.8 Å². The molecule has 2 bridgehead atoms. The summed E-state index contributed by atoms with van der Waals surface area (Å²) in [5.74, 6) is 0. The molecule has 3 heterocycles. The Balaban J connectivity index is 1.36. The van der Waals surface area contributed by atoms with Crippen molar-refractivity contribution in [3.8, 4) is 0 Å². The van der Waals surface area contributed by atoms with Crippen molar-refractivity contribution in [1.82, 2.24) is 4.90 Å². The van der Waals surface area contributed by atoms with Crippen LogP contribution >= 0.6 is 0 Å². The van der Waals surface area contributed by atoms with Gasteiger partial charge in [0, 0.05) is 44.0 Å². The highest BCUT2D eigenvalue weighted by molar-refractivity contribution is 5.53. The Morgan fingerprint density at radius 2 is 1.50 bits per heavy atom. The molecule has 3 aliphatic heterocycles. The number of non-ortho nitro benzene ring substituents is 1. The number of likely N-dealkylation sites (N-methyl/N-ethyl adjacent to an activating group) is 1. The van der Waals surface area contributed by atoms with E-state index >= 15 is 0 Å². The average Bonchev–Trinajstić information content (AvgIpc) is 2.80. The standard InChI is InChI=1S/C22H29N6O2/c1-2-26(14-18-28-15-11-25(12-16-28)13-17-28)21-7-3-19(4-8-21)23-24-20-5-9-22(10-6-20)27(29)30/h3-10H,2,11-18H2,1H3/q+1. The first kappa shape index (κ1) is 20.4. The van der Waals surface area contributed by atoms with E-state index in [1.807, 2.05) is 12.1 Å². The lowest BCUT2D eigenvalue weighted by Gasteiger charge is -2.51. The molecule has 0 unspecified atom stereocenters. The van der Waals surface area contributed by atoms with Gasteiger partial charge in [-0.05, 0) is 43.3 Å². The molecule has 2 aromatic rings. The molecule has 0 aliphatic carbocycles. The Hall–Kier alpha value is -2.84. The van der Waals surface area contributed by atoms with Crippen molar-refractivity contribution in [2.24, 2.45) is 10.2 Å². The normalized spacial score (nSPS) is 23.0.